The molecule has 6 rings (SSSR count). The quantitative estimate of drug-likeness (QED) is 0.460. The van der Waals surface area contributed by atoms with Gasteiger partial charge in [-0.25, -0.2) is 15.0 Å². The minimum absolute atomic E-state index is 0.0198. The highest BCUT2D eigenvalue weighted by Gasteiger charge is 2.20. The van der Waals surface area contributed by atoms with E-state index < -0.39 is 0 Å². The average Bonchev–Trinajstić information content (AvgIpc) is 3.48. The minimum atomic E-state index is -0.0198. The lowest BCUT2D eigenvalue weighted by Gasteiger charge is -2.28. The highest BCUT2D eigenvalue weighted by molar-refractivity contribution is 5.98. The molecule has 1 fully saturated rings. The van der Waals surface area contributed by atoms with Crippen molar-refractivity contribution in [2.24, 2.45) is 0 Å². The molecule has 1 saturated heterocycles. The predicted molar refractivity (Wildman–Crippen MR) is 122 cm³/mol. The average molecular weight is 426 g/mol. The summed E-state index contributed by atoms with van der Waals surface area (Å²) in [6.45, 7) is 4.44. The van der Waals surface area contributed by atoms with Crippen LogP contribution in [-0.4, -0.2) is 51.4 Å². The summed E-state index contributed by atoms with van der Waals surface area (Å²) in [7, 11) is 0. The summed E-state index contributed by atoms with van der Waals surface area (Å²) in [6, 6.07) is 9.91. The van der Waals surface area contributed by atoms with E-state index in [1.54, 1.807) is 6.20 Å². The fourth-order valence-corrected chi connectivity index (χ4v) is 4.29. The summed E-state index contributed by atoms with van der Waals surface area (Å²) in [5.41, 5.74) is 5.22. The molecule has 32 heavy (non-hydrogen) atoms. The number of hydrogen-bond donors (Lipinski definition) is 3. The number of carbonyl (C=O) groups excluding carboxylic acids is 1. The third-order valence-electron chi connectivity index (χ3n) is 5.96. The summed E-state index contributed by atoms with van der Waals surface area (Å²) in [5, 5.41) is 9.56. The third-order valence-corrected chi connectivity index (χ3v) is 5.96. The van der Waals surface area contributed by atoms with Crippen LogP contribution >= 0.6 is 0 Å². The molecule has 0 aliphatic carbocycles. The second kappa shape index (κ2) is 7.61. The van der Waals surface area contributed by atoms with E-state index in [1.807, 2.05) is 53.3 Å². The summed E-state index contributed by atoms with van der Waals surface area (Å²) < 4.78 is 2.00. The Morgan fingerprint density at radius 1 is 1.00 bits per heavy atom. The Hall–Kier alpha value is -3.98. The molecule has 2 aliphatic rings. The van der Waals surface area contributed by atoms with E-state index in [1.165, 1.54) is 0 Å². The van der Waals surface area contributed by atoms with Gasteiger partial charge in [-0.3, -0.25) is 9.20 Å². The van der Waals surface area contributed by atoms with Crippen LogP contribution in [0, 0.1) is 0 Å². The van der Waals surface area contributed by atoms with Gasteiger partial charge in [-0.15, -0.1) is 0 Å². The highest BCUT2D eigenvalue weighted by atomic mass is 16.1. The lowest BCUT2D eigenvalue weighted by atomic mass is 10.0. The fraction of sp³-hybridized carbons (Fsp3) is 0.217. The number of fused-ring (bicyclic) bond motifs is 2. The zero-order valence-electron chi connectivity index (χ0n) is 17.4. The number of nitrogens with one attached hydrogen (secondary N) is 3. The molecule has 3 aromatic heterocycles. The van der Waals surface area contributed by atoms with Crippen molar-refractivity contribution < 1.29 is 4.79 Å². The van der Waals surface area contributed by atoms with Crippen LogP contribution in [0.4, 0.5) is 17.3 Å². The van der Waals surface area contributed by atoms with Crippen molar-refractivity contribution in [1.29, 1.82) is 0 Å². The number of piperazine rings is 1. The van der Waals surface area contributed by atoms with E-state index in [0.29, 0.717) is 12.4 Å². The lowest BCUT2D eigenvalue weighted by Crippen LogP contribution is -2.43. The van der Waals surface area contributed by atoms with Gasteiger partial charge in [-0.05, 0) is 29.8 Å². The number of anilines is 3. The van der Waals surface area contributed by atoms with E-state index in [2.05, 4.69) is 35.8 Å². The molecule has 1 aromatic carbocycles. The van der Waals surface area contributed by atoms with Crippen molar-refractivity contribution in [3.05, 3.63) is 66.2 Å². The molecule has 2 aliphatic heterocycles. The van der Waals surface area contributed by atoms with Crippen LogP contribution in [-0.2, 0) is 6.54 Å². The van der Waals surface area contributed by atoms with Gasteiger partial charge in [0.1, 0.15) is 5.82 Å². The summed E-state index contributed by atoms with van der Waals surface area (Å²) in [4.78, 5) is 27.9. The first-order chi connectivity index (χ1) is 15.8. The molecule has 0 unspecified atom stereocenters. The maximum Gasteiger partial charge on any atom is 0.251 e. The number of carbonyl (C=O) groups is 1. The second-order valence-electron chi connectivity index (χ2n) is 7.93. The van der Waals surface area contributed by atoms with E-state index in [9.17, 15) is 4.79 Å². The Morgan fingerprint density at radius 2 is 1.91 bits per heavy atom. The van der Waals surface area contributed by atoms with Gasteiger partial charge in [0.05, 0.1) is 23.8 Å². The molecular formula is C23H22N8O. The van der Waals surface area contributed by atoms with Crippen molar-refractivity contribution in [1.82, 2.24) is 30.0 Å². The van der Waals surface area contributed by atoms with Crippen molar-refractivity contribution in [2.75, 3.05) is 36.4 Å². The van der Waals surface area contributed by atoms with Crippen molar-refractivity contribution in [3.8, 4) is 11.3 Å². The van der Waals surface area contributed by atoms with Crippen molar-refractivity contribution in [3.63, 3.8) is 0 Å². The smallest absolute Gasteiger partial charge is 0.251 e. The summed E-state index contributed by atoms with van der Waals surface area (Å²) >= 11 is 0. The fourth-order valence-electron chi connectivity index (χ4n) is 4.29. The number of amides is 1. The molecule has 0 atom stereocenters. The maximum absolute atomic E-state index is 11.9. The molecule has 5 heterocycles. The third kappa shape index (κ3) is 3.23. The molecular weight excluding hydrogens is 404 g/mol. The molecule has 0 radical (unpaired) electrons. The molecule has 0 saturated carbocycles. The SMILES string of the molecule is O=C1NCc2cc(-c3cnc(Nc4ccc(N5CCNCC5)nc4)c4nccn34)ccc21. The maximum atomic E-state index is 11.9. The van der Waals surface area contributed by atoms with Gasteiger partial charge < -0.3 is 20.9 Å². The molecule has 160 valence electrons. The standard InChI is InChI=1S/C23H22N8O/c32-23-18-3-1-15(11-16(18)12-28-23)19-14-27-21(22-25-7-10-31(19)22)29-17-2-4-20(26-13-17)30-8-5-24-6-9-30/h1-4,7,10-11,13-14,24H,5-6,8-9,12H2,(H,27,29)(H,28,32). The molecule has 1 amide bonds. The first kappa shape index (κ1) is 18.8. The highest BCUT2D eigenvalue weighted by Crippen LogP contribution is 2.28. The number of nitrogens with zero attached hydrogens (tertiary/aromatic N) is 5. The molecule has 0 spiro atoms. The van der Waals surface area contributed by atoms with Gasteiger partial charge in [0, 0.05) is 56.2 Å². The van der Waals surface area contributed by atoms with Crippen LogP contribution in [0.5, 0.6) is 0 Å². The van der Waals surface area contributed by atoms with E-state index in [0.717, 1.165) is 65.7 Å². The monoisotopic (exact) mass is 426 g/mol. The second-order valence-corrected chi connectivity index (χ2v) is 7.93. The minimum Gasteiger partial charge on any atom is -0.354 e. The number of pyridine rings is 1. The molecule has 0 bridgehead atoms. The Bertz CT molecular complexity index is 1310. The predicted octanol–water partition coefficient (Wildman–Crippen LogP) is 2.19. The Kier molecular flexibility index (Phi) is 4.46. The Morgan fingerprint density at radius 3 is 2.75 bits per heavy atom. The summed E-state index contributed by atoms with van der Waals surface area (Å²) in [5.74, 6) is 1.62. The number of hydrogen-bond acceptors (Lipinski definition) is 7. The topological polar surface area (TPSA) is 99.5 Å². The normalized spacial score (nSPS) is 15.6. The van der Waals surface area contributed by atoms with Gasteiger partial charge in [0.25, 0.3) is 5.91 Å². The Balaban J connectivity index is 1.29. The van der Waals surface area contributed by atoms with Crippen molar-refractivity contribution in [2.45, 2.75) is 6.54 Å². The van der Waals surface area contributed by atoms with Gasteiger partial charge >= 0.3 is 0 Å². The van der Waals surface area contributed by atoms with Crippen LogP contribution in [0.3, 0.4) is 0 Å². The van der Waals surface area contributed by atoms with Crippen LogP contribution in [0.25, 0.3) is 16.9 Å². The van der Waals surface area contributed by atoms with Gasteiger partial charge in [0.2, 0.25) is 0 Å². The molecule has 9 heteroatoms. The first-order valence-electron chi connectivity index (χ1n) is 10.7. The molecule has 9 nitrogen and oxygen atoms in total. The van der Waals surface area contributed by atoms with E-state index >= 15 is 0 Å². The van der Waals surface area contributed by atoms with E-state index in [4.69, 9.17) is 0 Å². The van der Waals surface area contributed by atoms with Crippen LogP contribution in [0.2, 0.25) is 0 Å². The zero-order chi connectivity index (χ0) is 21.5. The largest absolute Gasteiger partial charge is 0.354 e. The number of aromatic nitrogens is 4. The first-order valence-corrected chi connectivity index (χ1v) is 10.7. The lowest BCUT2D eigenvalue weighted by molar-refractivity contribution is 0.0966. The van der Waals surface area contributed by atoms with Gasteiger partial charge in [-0.1, -0.05) is 6.07 Å². The number of rotatable bonds is 4. The van der Waals surface area contributed by atoms with Crippen molar-refractivity contribution >= 4 is 28.9 Å². The number of imidazole rings is 1. The van der Waals surface area contributed by atoms with Gasteiger partial charge in [0.15, 0.2) is 11.5 Å². The zero-order valence-corrected chi connectivity index (χ0v) is 17.4. The van der Waals surface area contributed by atoms with Crippen LogP contribution in [0.15, 0.2) is 55.1 Å². The summed E-state index contributed by atoms with van der Waals surface area (Å²) in [6.07, 6.45) is 7.33. The number of benzene rings is 1. The van der Waals surface area contributed by atoms with Crippen LogP contribution < -0.4 is 20.9 Å². The Labute approximate surface area is 184 Å². The van der Waals surface area contributed by atoms with Crippen LogP contribution in [0.1, 0.15) is 15.9 Å². The van der Waals surface area contributed by atoms with E-state index in [-0.39, 0.29) is 5.91 Å². The molecule has 3 N–H and O–H groups in total. The van der Waals surface area contributed by atoms with Gasteiger partial charge in [-0.2, -0.15) is 0 Å². The molecule has 4 aromatic rings.